The van der Waals surface area contributed by atoms with Crippen molar-refractivity contribution in [1.29, 1.82) is 0 Å². The molecule has 0 bridgehead atoms. The number of nitrogens with two attached hydrogens (primary N) is 1. The van der Waals surface area contributed by atoms with Crippen molar-refractivity contribution in [1.82, 2.24) is 14.5 Å². The summed E-state index contributed by atoms with van der Waals surface area (Å²) in [6, 6.07) is 0. The van der Waals surface area contributed by atoms with Crippen molar-refractivity contribution in [2.24, 2.45) is 0 Å². The molecule has 0 saturated carbocycles. The summed E-state index contributed by atoms with van der Waals surface area (Å²) >= 11 is 0. The predicted octanol–water partition coefficient (Wildman–Crippen LogP) is -0.205. The van der Waals surface area contributed by atoms with Gasteiger partial charge in [-0.25, -0.2) is 4.39 Å². The summed E-state index contributed by atoms with van der Waals surface area (Å²) in [4.78, 5) is 44.3. The van der Waals surface area contributed by atoms with Gasteiger partial charge in [0.15, 0.2) is 11.5 Å². The highest BCUT2D eigenvalue weighted by atomic mass is 31.2. The van der Waals surface area contributed by atoms with E-state index in [0.29, 0.717) is 12.8 Å². The predicted molar refractivity (Wildman–Crippen MR) is 77.4 cm³/mol. The van der Waals surface area contributed by atoms with Crippen molar-refractivity contribution >= 4 is 25.2 Å². The zero-order valence-corrected chi connectivity index (χ0v) is 12.6. The van der Waals surface area contributed by atoms with Crippen LogP contribution in [0.3, 0.4) is 0 Å². The number of anilines is 1. The Hall–Kier alpha value is -1.62. The van der Waals surface area contributed by atoms with Gasteiger partial charge in [0, 0.05) is 6.20 Å². The average Bonchev–Trinajstić information content (AvgIpc) is 3.00. The Morgan fingerprint density at radius 3 is 2.96 bits per heavy atom. The third kappa shape index (κ3) is 3.34. The van der Waals surface area contributed by atoms with Crippen LogP contribution in [0.2, 0.25) is 0 Å². The van der Waals surface area contributed by atoms with E-state index in [1.54, 1.807) is 0 Å². The van der Waals surface area contributed by atoms with E-state index < -0.39 is 31.9 Å². The SMILES string of the molecule is Nc1nc2c(c(F)cn2C2CCC(CO[P+](O)(O)O)O2)c(=O)[nH]1. The van der Waals surface area contributed by atoms with Crippen LogP contribution in [-0.4, -0.2) is 41.9 Å². The number of nitrogens with zero attached hydrogens (tertiary/aromatic N) is 2. The first-order valence-corrected chi connectivity index (χ1v) is 8.24. The summed E-state index contributed by atoms with van der Waals surface area (Å²) in [5.41, 5.74) is 4.86. The lowest BCUT2D eigenvalue weighted by atomic mass is 10.2. The van der Waals surface area contributed by atoms with Crippen LogP contribution < -0.4 is 11.3 Å². The summed E-state index contributed by atoms with van der Waals surface area (Å²) in [5, 5.41) is -0.214. The van der Waals surface area contributed by atoms with Gasteiger partial charge in [0.1, 0.15) is 18.2 Å². The van der Waals surface area contributed by atoms with Gasteiger partial charge >= 0.3 is 8.17 Å². The highest BCUT2D eigenvalue weighted by Gasteiger charge is 2.37. The second kappa shape index (κ2) is 5.78. The molecule has 0 aliphatic carbocycles. The van der Waals surface area contributed by atoms with Crippen molar-refractivity contribution < 1.29 is 28.3 Å². The molecule has 3 rings (SSSR count). The quantitative estimate of drug-likeness (QED) is 0.475. The number of H-pyrrole nitrogens is 1. The maximum absolute atomic E-state index is 14.0. The van der Waals surface area contributed by atoms with Gasteiger partial charge in [0.2, 0.25) is 5.95 Å². The maximum atomic E-state index is 14.0. The normalized spacial score (nSPS) is 22.1. The minimum Gasteiger partial charge on any atom is -0.369 e. The lowest BCUT2D eigenvalue weighted by Crippen LogP contribution is -2.17. The fraction of sp³-hybridized carbons (Fsp3) is 0.455. The molecule has 0 radical (unpaired) electrons. The second-order valence-electron chi connectivity index (χ2n) is 5.13. The molecule has 2 aromatic rings. The van der Waals surface area contributed by atoms with Gasteiger partial charge in [0.05, 0.1) is 6.10 Å². The van der Waals surface area contributed by atoms with Gasteiger partial charge in [-0.1, -0.05) is 0 Å². The number of aromatic nitrogens is 3. The van der Waals surface area contributed by atoms with Crippen LogP contribution in [-0.2, 0) is 9.26 Å². The number of hydrogen-bond acceptors (Lipinski definition) is 8. The van der Waals surface area contributed by atoms with Gasteiger partial charge in [0.25, 0.3) is 5.56 Å². The van der Waals surface area contributed by atoms with Crippen LogP contribution in [0.15, 0.2) is 11.0 Å². The number of halogens is 1. The molecule has 126 valence electrons. The van der Waals surface area contributed by atoms with Crippen LogP contribution in [0, 0.1) is 5.82 Å². The van der Waals surface area contributed by atoms with Crippen molar-refractivity contribution in [3.63, 3.8) is 0 Å². The van der Waals surface area contributed by atoms with Crippen molar-refractivity contribution in [2.45, 2.75) is 25.2 Å². The number of nitrogens with one attached hydrogen (secondary N) is 1. The summed E-state index contributed by atoms with van der Waals surface area (Å²) in [6.07, 6.45) is 0.893. The second-order valence-corrected chi connectivity index (χ2v) is 6.42. The van der Waals surface area contributed by atoms with Crippen LogP contribution in [0.4, 0.5) is 10.3 Å². The number of rotatable bonds is 4. The molecule has 1 aliphatic rings. The third-order valence-electron chi connectivity index (χ3n) is 3.48. The molecule has 2 aromatic heterocycles. The highest BCUT2D eigenvalue weighted by molar-refractivity contribution is 7.53. The van der Waals surface area contributed by atoms with E-state index >= 15 is 0 Å². The molecular formula is C11H15FN4O6P+. The monoisotopic (exact) mass is 349 g/mol. The average molecular weight is 349 g/mol. The van der Waals surface area contributed by atoms with Gasteiger partial charge in [-0.3, -0.25) is 9.78 Å². The lowest BCUT2D eigenvalue weighted by Gasteiger charge is -2.15. The van der Waals surface area contributed by atoms with E-state index in [9.17, 15) is 9.18 Å². The topological polar surface area (TPSA) is 156 Å². The van der Waals surface area contributed by atoms with Crippen molar-refractivity contribution in [3.05, 3.63) is 22.4 Å². The Labute approximate surface area is 128 Å². The molecule has 10 nitrogen and oxygen atoms in total. The van der Waals surface area contributed by atoms with Crippen LogP contribution in [0.1, 0.15) is 19.1 Å². The molecule has 23 heavy (non-hydrogen) atoms. The first kappa shape index (κ1) is 16.2. The Morgan fingerprint density at radius 2 is 2.26 bits per heavy atom. The van der Waals surface area contributed by atoms with Gasteiger partial charge in [-0.15, -0.1) is 0 Å². The number of hydrogen-bond donors (Lipinski definition) is 5. The zero-order chi connectivity index (χ0) is 16.8. The van der Waals surface area contributed by atoms with E-state index in [1.807, 2.05) is 0 Å². The van der Waals surface area contributed by atoms with E-state index in [4.69, 9.17) is 25.2 Å². The maximum Gasteiger partial charge on any atom is 0.567 e. The van der Waals surface area contributed by atoms with Crippen LogP contribution >= 0.6 is 8.17 Å². The molecule has 0 spiro atoms. The van der Waals surface area contributed by atoms with Gasteiger partial charge < -0.3 is 15.0 Å². The molecule has 0 aromatic carbocycles. The Morgan fingerprint density at radius 1 is 1.52 bits per heavy atom. The molecular weight excluding hydrogens is 334 g/mol. The molecule has 2 atom stereocenters. The van der Waals surface area contributed by atoms with Gasteiger partial charge in [-0.2, -0.15) is 24.2 Å². The number of ether oxygens (including phenoxy) is 1. The number of fused-ring (bicyclic) bond motifs is 1. The molecule has 2 unspecified atom stereocenters. The summed E-state index contributed by atoms with van der Waals surface area (Å²) < 4.78 is 25.4. The minimum atomic E-state index is -4.33. The molecule has 3 heterocycles. The van der Waals surface area contributed by atoms with E-state index in [-0.39, 0.29) is 23.6 Å². The van der Waals surface area contributed by atoms with E-state index in [1.165, 1.54) is 4.57 Å². The van der Waals surface area contributed by atoms with E-state index in [2.05, 4.69) is 14.5 Å². The van der Waals surface area contributed by atoms with Crippen molar-refractivity contribution in [3.8, 4) is 0 Å². The van der Waals surface area contributed by atoms with Crippen molar-refractivity contribution in [2.75, 3.05) is 12.3 Å². The smallest absolute Gasteiger partial charge is 0.369 e. The van der Waals surface area contributed by atoms with Gasteiger partial charge in [-0.05, 0) is 12.8 Å². The number of aromatic amines is 1. The molecule has 6 N–H and O–H groups in total. The zero-order valence-electron chi connectivity index (χ0n) is 11.7. The first-order valence-electron chi connectivity index (χ1n) is 6.68. The summed E-state index contributed by atoms with van der Waals surface area (Å²) in [6.45, 7) is -0.231. The summed E-state index contributed by atoms with van der Waals surface area (Å²) in [5.74, 6) is -0.891. The number of nitrogen functional groups attached to an aromatic ring is 1. The fourth-order valence-electron chi connectivity index (χ4n) is 2.54. The molecule has 1 aliphatic heterocycles. The van der Waals surface area contributed by atoms with Crippen LogP contribution in [0.25, 0.3) is 11.0 Å². The van der Waals surface area contributed by atoms with E-state index in [0.717, 1.165) is 6.20 Å². The molecule has 12 heteroatoms. The minimum absolute atomic E-state index is 0.0589. The first-order chi connectivity index (χ1) is 10.7. The third-order valence-corrected chi connectivity index (χ3v) is 3.98. The largest absolute Gasteiger partial charge is 0.567 e. The fourth-order valence-corrected chi connectivity index (χ4v) is 2.91. The standard InChI is InChI=1S/C11H14FN4O6P/c12-6-3-16(9-8(6)10(17)15-11(13)14-9)7-2-1-5(22-7)4-21-23(18,19)20/h3,5,7,18-20H,1-2,4H2,(H2-,13,14,15,17)/p+1. The van der Waals surface area contributed by atoms with Crippen LogP contribution in [0.5, 0.6) is 0 Å². The Balaban J connectivity index is 1.84. The summed E-state index contributed by atoms with van der Waals surface area (Å²) in [7, 11) is -4.33. The Bertz CT molecular complexity index is 787. The molecule has 1 saturated heterocycles. The Kier molecular flexibility index (Phi) is 4.08. The highest BCUT2D eigenvalue weighted by Crippen LogP contribution is 2.46. The lowest BCUT2D eigenvalue weighted by molar-refractivity contribution is -0.0234. The molecule has 1 fully saturated rings. The molecule has 0 amide bonds.